The fourth-order valence-corrected chi connectivity index (χ4v) is 1.20. The highest BCUT2D eigenvalue weighted by Gasteiger charge is 1.92. The van der Waals surface area contributed by atoms with Gasteiger partial charge in [-0.1, -0.05) is 0 Å². The molecule has 0 aromatic carbocycles. The van der Waals surface area contributed by atoms with Gasteiger partial charge in [-0.15, -0.1) is 0 Å². The van der Waals surface area contributed by atoms with Crippen LogP contribution in [0.3, 0.4) is 0 Å². The SMILES string of the molecule is O=C=NCCCCOCCOCCCCN=C=O. The van der Waals surface area contributed by atoms with E-state index >= 15 is 0 Å². The van der Waals surface area contributed by atoms with Crippen LogP contribution in [0.5, 0.6) is 0 Å². The Bertz CT molecular complexity index is 243. The highest BCUT2D eigenvalue weighted by Crippen LogP contribution is 1.92. The van der Waals surface area contributed by atoms with Crippen LogP contribution in [0.4, 0.5) is 0 Å². The Balaban J connectivity index is 2.98. The van der Waals surface area contributed by atoms with E-state index in [9.17, 15) is 9.59 Å². The summed E-state index contributed by atoms with van der Waals surface area (Å²) < 4.78 is 10.6. The molecule has 0 radical (unpaired) electrons. The van der Waals surface area contributed by atoms with Gasteiger partial charge >= 0.3 is 0 Å². The number of ether oxygens (including phenoxy) is 2. The van der Waals surface area contributed by atoms with Crippen molar-refractivity contribution in [2.24, 2.45) is 9.98 Å². The van der Waals surface area contributed by atoms with Crippen LogP contribution in [0.2, 0.25) is 0 Å². The van der Waals surface area contributed by atoms with E-state index in [0.717, 1.165) is 25.7 Å². The molecule has 0 unspecified atom stereocenters. The molecule has 0 saturated carbocycles. The van der Waals surface area contributed by atoms with E-state index in [-0.39, 0.29) is 0 Å². The number of isocyanates is 2. The smallest absolute Gasteiger partial charge is 0.234 e. The molecule has 0 amide bonds. The predicted octanol–water partition coefficient (Wildman–Crippen LogP) is 1.25. The van der Waals surface area contributed by atoms with Crippen molar-refractivity contribution >= 4 is 12.2 Å². The second-order valence-corrected chi connectivity index (χ2v) is 3.58. The van der Waals surface area contributed by atoms with Gasteiger partial charge in [0.2, 0.25) is 12.2 Å². The van der Waals surface area contributed by atoms with E-state index in [1.807, 2.05) is 0 Å². The van der Waals surface area contributed by atoms with Gasteiger partial charge in [0.1, 0.15) is 0 Å². The Labute approximate surface area is 107 Å². The van der Waals surface area contributed by atoms with Crippen molar-refractivity contribution in [3.8, 4) is 0 Å². The van der Waals surface area contributed by atoms with Crippen molar-refractivity contribution in [1.29, 1.82) is 0 Å². The van der Waals surface area contributed by atoms with Gasteiger partial charge < -0.3 is 9.47 Å². The minimum atomic E-state index is 0.520. The van der Waals surface area contributed by atoms with Crippen LogP contribution in [-0.4, -0.2) is 51.7 Å². The number of carbonyl (C=O) groups excluding carboxylic acids is 2. The van der Waals surface area contributed by atoms with Crippen LogP contribution >= 0.6 is 0 Å². The minimum absolute atomic E-state index is 0.520. The third-order valence-corrected chi connectivity index (χ3v) is 2.12. The van der Waals surface area contributed by atoms with E-state index in [4.69, 9.17) is 9.47 Å². The van der Waals surface area contributed by atoms with Crippen LogP contribution in [0.1, 0.15) is 25.7 Å². The van der Waals surface area contributed by atoms with Crippen molar-refractivity contribution in [2.75, 3.05) is 39.5 Å². The third-order valence-electron chi connectivity index (χ3n) is 2.12. The Hall–Kier alpha value is -1.32. The molecule has 18 heavy (non-hydrogen) atoms. The molecule has 0 aliphatic carbocycles. The lowest BCUT2D eigenvalue weighted by atomic mass is 10.3. The van der Waals surface area contributed by atoms with Crippen LogP contribution in [0.15, 0.2) is 9.98 Å². The lowest BCUT2D eigenvalue weighted by Crippen LogP contribution is -2.06. The number of hydrogen-bond donors (Lipinski definition) is 0. The van der Waals surface area contributed by atoms with Gasteiger partial charge in [-0.25, -0.2) is 19.6 Å². The van der Waals surface area contributed by atoms with E-state index in [0.29, 0.717) is 39.5 Å². The lowest BCUT2D eigenvalue weighted by Gasteiger charge is -2.04. The number of nitrogens with zero attached hydrogens (tertiary/aromatic N) is 2. The first kappa shape index (κ1) is 16.7. The van der Waals surface area contributed by atoms with Crippen LogP contribution in [-0.2, 0) is 19.1 Å². The Morgan fingerprint density at radius 2 is 1.11 bits per heavy atom. The monoisotopic (exact) mass is 256 g/mol. The van der Waals surface area contributed by atoms with Crippen LogP contribution in [0.25, 0.3) is 0 Å². The van der Waals surface area contributed by atoms with Crippen molar-refractivity contribution in [1.82, 2.24) is 0 Å². The zero-order valence-corrected chi connectivity index (χ0v) is 10.6. The summed E-state index contributed by atoms with van der Waals surface area (Å²) in [5.74, 6) is 0. The average molecular weight is 256 g/mol. The number of hydrogen-bond acceptors (Lipinski definition) is 6. The van der Waals surface area contributed by atoms with E-state index in [1.165, 1.54) is 12.2 Å². The van der Waals surface area contributed by atoms with E-state index in [1.54, 1.807) is 0 Å². The highest BCUT2D eigenvalue weighted by atomic mass is 16.5. The van der Waals surface area contributed by atoms with Crippen molar-refractivity contribution in [3.05, 3.63) is 0 Å². The molecule has 0 N–H and O–H groups in total. The summed E-state index contributed by atoms with van der Waals surface area (Å²) in [5.41, 5.74) is 0. The highest BCUT2D eigenvalue weighted by molar-refractivity contribution is 5.32. The number of unbranched alkanes of at least 4 members (excludes halogenated alkanes) is 2. The molecule has 102 valence electrons. The van der Waals surface area contributed by atoms with Crippen molar-refractivity contribution in [3.63, 3.8) is 0 Å². The van der Waals surface area contributed by atoms with Gasteiger partial charge in [-0.2, -0.15) is 0 Å². The van der Waals surface area contributed by atoms with E-state index in [2.05, 4.69) is 9.98 Å². The third kappa shape index (κ3) is 14.7. The fourth-order valence-electron chi connectivity index (χ4n) is 1.20. The Kier molecular flexibility index (Phi) is 14.5. The maximum atomic E-state index is 9.76. The second kappa shape index (κ2) is 15.7. The van der Waals surface area contributed by atoms with Crippen LogP contribution in [0, 0.1) is 0 Å². The van der Waals surface area contributed by atoms with Gasteiger partial charge in [0.05, 0.1) is 26.3 Å². The molecule has 0 atom stereocenters. The topological polar surface area (TPSA) is 77.3 Å². The first-order chi connectivity index (χ1) is 8.91. The van der Waals surface area contributed by atoms with Gasteiger partial charge in [-0.3, -0.25) is 0 Å². The molecule has 0 aromatic heterocycles. The zero-order chi connectivity index (χ0) is 13.3. The molecule has 0 rings (SSSR count). The maximum absolute atomic E-state index is 9.76. The molecule has 0 spiro atoms. The van der Waals surface area contributed by atoms with Gasteiger partial charge in [-0.05, 0) is 25.7 Å². The molecule has 6 nitrogen and oxygen atoms in total. The van der Waals surface area contributed by atoms with Gasteiger partial charge in [0.25, 0.3) is 0 Å². The Morgan fingerprint density at radius 1 is 0.667 bits per heavy atom. The maximum Gasteiger partial charge on any atom is 0.234 e. The quantitative estimate of drug-likeness (QED) is 0.282. The summed E-state index contributed by atoms with van der Waals surface area (Å²) in [6.45, 7) is 3.50. The molecule has 0 aliphatic rings. The molecule has 0 saturated heterocycles. The first-order valence-electron chi connectivity index (χ1n) is 6.14. The summed E-state index contributed by atoms with van der Waals surface area (Å²) in [5, 5.41) is 0. The minimum Gasteiger partial charge on any atom is -0.379 e. The zero-order valence-electron chi connectivity index (χ0n) is 10.6. The Morgan fingerprint density at radius 3 is 1.50 bits per heavy atom. The summed E-state index contributed by atoms with van der Waals surface area (Å²) in [7, 11) is 0. The molecule has 0 bridgehead atoms. The predicted molar refractivity (Wildman–Crippen MR) is 66.1 cm³/mol. The molecule has 6 heteroatoms. The van der Waals surface area contributed by atoms with Crippen molar-refractivity contribution < 1.29 is 19.1 Å². The largest absolute Gasteiger partial charge is 0.379 e. The summed E-state index contributed by atoms with van der Waals surface area (Å²) >= 11 is 0. The van der Waals surface area contributed by atoms with E-state index < -0.39 is 0 Å². The number of aliphatic imine (C=N–C) groups is 2. The molecular weight excluding hydrogens is 236 g/mol. The lowest BCUT2D eigenvalue weighted by molar-refractivity contribution is 0.0454. The molecule has 0 aliphatic heterocycles. The number of rotatable bonds is 13. The summed E-state index contributed by atoms with van der Waals surface area (Å²) in [6.07, 6.45) is 6.44. The molecular formula is C12H20N2O4. The standard InChI is InChI=1S/C12H20N2O4/c15-11-13-5-1-3-7-17-9-10-18-8-4-2-6-14-12-16/h1-10H2. The second-order valence-electron chi connectivity index (χ2n) is 3.58. The summed E-state index contributed by atoms with van der Waals surface area (Å²) in [4.78, 5) is 26.4. The normalized spacial score (nSPS) is 9.56. The van der Waals surface area contributed by atoms with Gasteiger partial charge in [0.15, 0.2) is 0 Å². The average Bonchev–Trinajstić information content (AvgIpc) is 2.39. The molecule has 0 aromatic rings. The molecule has 0 heterocycles. The van der Waals surface area contributed by atoms with Gasteiger partial charge in [0, 0.05) is 13.2 Å². The van der Waals surface area contributed by atoms with Crippen LogP contribution < -0.4 is 0 Å². The first-order valence-corrected chi connectivity index (χ1v) is 6.14. The van der Waals surface area contributed by atoms with Crippen molar-refractivity contribution in [2.45, 2.75) is 25.7 Å². The summed E-state index contributed by atoms with van der Waals surface area (Å²) in [6, 6.07) is 0. The molecule has 0 fully saturated rings. The fraction of sp³-hybridized carbons (Fsp3) is 0.833.